The second-order valence-corrected chi connectivity index (χ2v) is 9.16. The average Bonchev–Trinajstić information content (AvgIpc) is 3.36. The molecule has 0 aromatic heterocycles. The standard InChI is InChI=1S/C19H30N4O3S/c1-3-20-19(22-18-12-15(18)2)21-13-16-6-4-5-7-17(16)14-27(24,25)23-8-10-26-11-9-23/h4-7,15,18H,3,8-14H2,1-2H3,(H2,20,21,22). The van der Waals surface area contributed by atoms with E-state index in [1.54, 1.807) is 0 Å². The lowest BCUT2D eigenvalue weighted by Crippen LogP contribution is -2.41. The van der Waals surface area contributed by atoms with Crippen LogP contribution in [0.15, 0.2) is 29.3 Å². The summed E-state index contributed by atoms with van der Waals surface area (Å²) in [5.74, 6) is 1.47. The van der Waals surface area contributed by atoms with E-state index >= 15 is 0 Å². The minimum absolute atomic E-state index is 0.00230. The molecule has 1 saturated carbocycles. The zero-order chi connectivity index (χ0) is 19.3. The maximum atomic E-state index is 12.7. The van der Waals surface area contributed by atoms with Gasteiger partial charge in [-0.15, -0.1) is 0 Å². The number of rotatable bonds is 7. The average molecular weight is 395 g/mol. The first-order chi connectivity index (χ1) is 13.0. The lowest BCUT2D eigenvalue weighted by atomic mass is 10.1. The predicted octanol–water partition coefficient (Wildman–Crippen LogP) is 1.31. The molecule has 2 unspecified atom stereocenters. The number of benzene rings is 1. The Labute approximate surface area is 162 Å². The lowest BCUT2D eigenvalue weighted by molar-refractivity contribution is 0.0729. The number of guanidine groups is 1. The summed E-state index contributed by atoms with van der Waals surface area (Å²) in [7, 11) is -3.35. The van der Waals surface area contributed by atoms with E-state index in [9.17, 15) is 8.42 Å². The zero-order valence-electron chi connectivity index (χ0n) is 16.1. The van der Waals surface area contributed by atoms with Crippen molar-refractivity contribution in [3.05, 3.63) is 35.4 Å². The summed E-state index contributed by atoms with van der Waals surface area (Å²) in [5.41, 5.74) is 1.75. The van der Waals surface area contributed by atoms with E-state index in [1.165, 1.54) is 10.7 Å². The van der Waals surface area contributed by atoms with Crippen LogP contribution in [0.4, 0.5) is 0 Å². The van der Waals surface area contributed by atoms with Gasteiger partial charge >= 0.3 is 0 Å². The Morgan fingerprint density at radius 2 is 1.93 bits per heavy atom. The third-order valence-corrected chi connectivity index (χ3v) is 6.83. The van der Waals surface area contributed by atoms with Crippen LogP contribution < -0.4 is 10.6 Å². The molecule has 0 spiro atoms. The van der Waals surface area contributed by atoms with Crippen LogP contribution in [0.2, 0.25) is 0 Å². The summed E-state index contributed by atoms with van der Waals surface area (Å²) < 4.78 is 32.3. The van der Waals surface area contributed by atoms with E-state index in [1.807, 2.05) is 31.2 Å². The molecule has 2 aliphatic rings. The lowest BCUT2D eigenvalue weighted by Gasteiger charge is -2.26. The zero-order valence-corrected chi connectivity index (χ0v) is 17.0. The van der Waals surface area contributed by atoms with Crippen LogP contribution in [-0.4, -0.2) is 57.6 Å². The fraction of sp³-hybridized carbons (Fsp3) is 0.632. The van der Waals surface area contributed by atoms with E-state index in [0.717, 1.165) is 23.6 Å². The monoisotopic (exact) mass is 394 g/mol. The van der Waals surface area contributed by atoms with Crippen molar-refractivity contribution in [2.24, 2.45) is 10.9 Å². The van der Waals surface area contributed by atoms with Crippen molar-refractivity contribution in [1.82, 2.24) is 14.9 Å². The molecule has 8 heteroatoms. The molecule has 1 saturated heterocycles. The molecule has 3 rings (SSSR count). The highest BCUT2D eigenvalue weighted by atomic mass is 32.2. The van der Waals surface area contributed by atoms with Gasteiger partial charge in [-0.25, -0.2) is 13.4 Å². The smallest absolute Gasteiger partial charge is 0.218 e. The topological polar surface area (TPSA) is 83.0 Å². The van der Waals surface area contributed by atoms with Gasteiger partial charge in [0.1, 0.15) is 0 Å². The normalized spacial score (nSPS) is 23.9. The minimum Gasteiger partial charge on any atom is -0.379 e. The van der Waals surface area contributed by atoms with Crippen LogP contribution in [0, 0.1) is 5.92 Å². The van der Waals surface area contributed by atoms with Gasteiger partial charge in [0.05, 0.1) is 25.5 Å². The molecular formula is C19H30N4O3S. The van der Waals surface area contributed by atoms with E-state index in [4.69, 9.17) is 4.74 Å². The molecule has 0 bridgehead atoms. The summed E-state index contributed by atoms with van der Waals surface area (Å²) in [4.78, 5) is 4.67. The Kier molecular flexibility index (Phi) is 6.73. The second kappa shape index (κ2) is 9.03. The molecule has 0 amide bonds. The summed E-state index contributed by atoms with van der Waals surface area (Å²) in [5, 5.41) is 6.69. The first kappa shape index (κ1) is 20.1. The molecule has 1 heterocycles. The SMILES string of the molecule is CCNC(=NCc1ccccc1CS(=O)(=O)N1CCOCC1)NC1CC1C. The third-order valence-electron chi connectivity index (χ3n) is 5.00. The van der Waals surface area contributed by atoms with Crippen molar-refractivity contribution in [3.8, 4) is 0 Å². The number of sulfonamides is 1. The number of ether oxygens (including phenoxy) is 1. The number of aliphatic imine (C=N–C) groups is 1. The summed E-state index contributed by atoms with van der Waals surface area (Å²) in [6, 6.07) is 8.13. The molecule has 0 radical (unpaired) electrons. The second-order valence-electron chi connectivity index (χ2n) is 7.20. The minimum atomic E-state index is -3.35. The van der Waals surface area contributed by atoms with Gasteiger partial charge in [-0.3, -0.25) is 0 Å². The van der Waals surface area contributed by atoms with Crippen LogP contribution in [0.1, 0.15) is 31.4 Å². The van der Waals surface area contributed by atoms with Gasteiger partial charge in [0, 0.05) is 25.7 Å². The Morgan fingerprint density at radius 1 is 1.26 bits per heavy atom. The van der Waals surface area contributed by atoms with E-state index in [2.05, 4.69) is 22.5 Å². The molecule has 27 heavy (non-hydrogen) atoms. The van der Waals surface area contributed by atoms with E-state index in [0.29, 0.717) is 44.8 Å². The summed E-state index contributed by atoms with van der Waals surface area (Å²) in [6.07, 6.45) is 1.17. The molecule has 1 aromatic rings. The molecular weight excluding hydrogens is 364 g/mol. The Morgan fingerprint density at radius 3 is 2.56 bits per heavy atom. The van der Waals surface area contributed by atoms with Crippen molar-refractivity contribution < 1.29 is 13.2 Å². The number of nitrogens with zero attached hydrogens (tertiary/aromatic N) is 2. The highest BCUT2D eigenvalue weighted by Gasteiger charge is 2.33. The van der Waals surface area contributed by atoms with Crippen molar-refractivity contribution in [1.29, 1.82) is 0 Å². The number of morpholine rings is 1. The first-order valence-electron chi connectivity index (χ1n) is 9.67. The molecule has 2 fully saturated rings. The van der Waals surface area contributed by atoms with Crippen LogP contribution in [-0.2, 0) is 27.1 Å². The molecule has 1 aliphatic heterocycles. The maximum Gasteiger partial charge on any atom is 0.218 e. The third kappa shape index (κ3) is 5.67. The van der Waals surface area contributed by atoms with Crippen LogP contribution >= 0.6 is 0 Å². The van der Waals surface area contributed by atoms with E-state index in [-0.39, 0.29) is 5.75 Å². The molecule has 150 valence electrons. The Hall–Kier alpha value is -1.64. The largest absolute Gasteiger partial charge is 0.379 e. The van der Waals surface area contributed by atoms with Gasteiger partial charge in [-0.05, 0) is 30.4 Å². The molecule has 2 atom stereocenters. The first-order valence-corrected chi connectivity index (χ1v) is 11.3. The molecule has 1 aliphatic carbocycles. The van der Waals surface area contributed by atoms with Crippen molar-refractivity contribution in [2.45, 2.75) is 38.6 Å². The van der Waals surface area contributed by atoms with Gasteiger partial charge in [0.15, 0.2) is 5.96 Å². The summed E-state index contributed by atoms with van der Waals surface area (Å²) in [6.45, 7) is 7.27. The van der Waals surface area contributed by atoms with Crippen molar-refractivity contribution in [3.63, 3.8) is 0 Å². The molecule has 7 nitrogen and oxygen atoms in total. The van der Waals surface area contributed by atoms with Crippen LogP contribution in [0.25, 0.3) is 0 Å². The fourth-order valence-corrected chi connectivity index (χ4v) is 4.71. The van der Waals surface area contributed by atoms with E-state index < -0.39 is 10.0 Å². The van der Waals surface area contributed by atoms with Gasteiger partial charge in [-0.2, -0.15) is 4.31 Å². The van der Waals surface area contributed by atoms with Crippen molar-refractivity contribution in [2.75, 3.05) is 32.8 Å². The highest BCUT2D eigenvalue weighted by molar-refractivity contribution is 7.88. The van der Waals surface area contributed by atoms with Gasteiger partial charge < -0.3 is 15.4 Å². The Bertz CT molecular complexity index is 760. The number of hydrogen-bond donors (Lipinski definition) is 2. The number of hydrogen-bond acceptors (Lipinski definition) is 4. The maximum absolute atomic E-state index is 12.7. The van der Waals surface area contributed by atoms with Crippen molar-refractivity contribution >= 4 is 16.0 Å². The van der Waals surface area contributed by atoms with Crippen LogP contribution in [0.3, 0.4) is 0 Å². The molecule has 1 aromatic carbocycles. The predicted molar refractivity (Wildman–Crippen MR) is 107 cm³/mol. The molecule has 2 N–H and O–H groups in total. The summed E-state index contributed by atoms with van der Waals surface area (Å²) >= 11 is 0. The number of nitrogens with one attached hydrogen (secondary N) is 2. The van der Waals surface area contributed by atoms with Gasteiger partial charge in [0.25, 0.3) is 0 Å². The van der Waals surface area contributed by atoms with Gasteiger partial charge in [-0.1, -0.05) is 31.2 Å². The quantitative estimate of drug-likeness (QED) is 0.538. The Balaban J connectivity index is 1.70. The van der Waals surface area contributed by atoms with Crippen LogP contribution in [0.5, 0.6) is 0 Å². The fourth-order valence-electron chi connectivity index (χ4n) is 3.15. The van der Waals surface area contributed by atoms with Gasteiger partial charge in [0.2, 0.25) is 10.0 Å². The highest BCUT2D eigenvalue weighted by Crippen LogP contribution is 2.28.